The first-order valence-electron chi connectivity index (χ1n) is 7.35. The van der Waals surface area contributed by atoms with E-state index in [-0.39, 0.29) is 0 Å². The number of nitrogens with zero attached hydrogens (tertiary/aromatic N) is 2. The van der Waals surface area contributed by atoms with Gasteiger partial charge in [0.05, 0.1) is 19.4 Å². The van der Waals surface area contributed by atoms with E-state index >= 15 is 0 Å². The lowest BCUT2D eigenvalue weighted by atomic mass is 9.94. The fourth-order valence-corrected chi connectivity index (χ4v) is 3.40. The van der Waals surface area contributed by atoms with Gasteiger partial charge in [-0.25, -0.2) is 0 Å². The van der Waals surface area contributed by atoms with Gasteiger partial charge in [0, 0.05) is 44.0 Å². The molecule has 1 aliphatic carbocycles. The average Bonchev–Trinajstić information content (AvgIpc) is 3.06. The van der Waals surface area contributed by atoms with Gasteiger partial charge in [-0.05, 0) is 18.8 Å². The van der Waals surface area contributed by atoms with E-state index in [1.165, 1.54) is 24.8 Å². The molecule has 3 atom stereocenters. The molecule has 19 heavy (non-hydrogen) atoms. The Balaban J connectivity index is 1.54. The van der Waals surface area contributed by atoms with Crippen LogP contribution in [0.1, 0.15) is 24.8 Å². The average molecular weight is 264 g/mol. The third-order valence-corrected chi connectivity index (χ3v) is 4.36. The molecule has 0 bridgehead atoms. The number of nitrogens with one attached hydrogen (secondary N) is 2. The molecule has 2 heterocycles. The molecule has 5 heteroatoms. The minimum absolute atomic E-state index is 0.530. The van der Waals surface area contributed by atoms with Gasteiger partial charge in [0.25, 0.3) is 0 Å². The number of aromatic nitrogens is 2. The molecule has 2 N–H and O–H groups in total. The second-order valence-electron chi connectivity index (χ2n) is 5.74. The molecule has 1 aliphatic heterocycles. The minimum atomic E-state index is 0.530. The number of hydrogen-bond acceptors (Lipinski definition) is 4. The lowest BCUT2D eigenvalue weighted by Gasteiger charge is -2.33. The molecule has 1 saturated carbocycles. The lowest BCUT2D eigenvalue weighted by Crippen LogP contribution is -2.50. The zero-order valence-corrected chi connectivity index (χ0v) is 11.6. The standard InChI is InChI=1S/C14H24N4O/c1-18-9-11(8-17-18)7-16-13-4-2-3-12(13)14-10-19-6-5-15-14/h8-9,12-16H,2-7,10H2,1H3. The van der Waals surface area contributed by atoms with Crippen LogP contribution in [0.2, 0.25) is 0 Å². The fourth-order valence-electron chi connectivity index (χ4n) is 3.40. The SMILES string of the molecule is Cn1cc(CNC2CCCC2C2COCCN2)cn1. The van der Waals surface area contributed by atoms with Gasteiger partial charge in [-0.2, -0.15) is 5.10 Å². The van der Waals surface area contributed by atoms with E-state index in [1.54, 1.807) is 0 Å². The van der Waals surface area contributed by atoms with Crippen LogP contribution in [-0.2, 0) is 18.3 Å². The highest BCUT2D eigenvalue weighted by atomic mass is 16.5. The first-order valence-corrected chi connectivity index (χ1v) is 7.35. The smallest absolute Gasteiger partial charge is 0.0623 e. The predicted molar refractivity (Wildman–Crippen MR) is 73.8 cm³/mol. The van der Waals surface area contributed by atoms with Crippen molar-refractivity contribution < 1.29 is 4.74 Å². The van der Waals surface area contributed by atoms with Crippen LogP contribution in [0.4, 0.5) is 0 Å². The molecule has 0 spiro atoms. The molecule has 106 valence electrons. The predicted octanol–water partition coefficient (Wildman–Crippen LogP) is 0.667. The maximum atomic E-state index is 5.61. The minimum Gasteiger partial charge on any atom is -0.379 e. The molecular weight excluding hydrogens is 240 g/mol. The topological polar surface area (TPSA) is 51.1 Å². The van der Waals surface area contributed by atoms with Crippen molar-refractivity contribution in [1.29, 1.82) is 0 Å². The van der Waals surface area contributed by atoms with E-state index in [2.05, 4.69) is 21.9 Å². The summed E-state index contributed by atoms with van der Waals surface area (Å²) in [5.41, 5.74) is 1.26. The lowest BCUT2D eigenvalue weighted by molar-refractivity contribution is 0.0524. The molecule has 1 saturated heterocycles. The van der Waals surface area contributed by atoms with Gasteiger partial charge in [0.1, 0.15) is 0 Å². The zero-order chi connectivity index (χ0) is 13.1. The van der Waals surface area contributed by atoms with Crippen LogP contribution >= 0.6 is 0 Å². The van der Waals surface area contributed by atoms with Crippen molar-refractivity contribution in [3.63, 3.8) is 0 Å². The Morgan fingerprint density at radius 3 is 3.21 bits per heavy atom. The van der Waals surface area contributed by atoms with Crippen LogP contribution in [0.3, 0.4) is 0 Å². The Morgan fingerprint density at radius 1 is 1.53 bits per heavy atom. The van der Waals surface area contributed by atoms with Crippen LogP contribution in [0, 0.1) is 5.92 Å². The van der Waals surface area contributed by atoms with Gasteiger partial charge in [0.15, 0.2) is 0 Å². The summed E-state index contributed by atoms with van der Waals surface area (Å²) in [6, 6.07) is 1.14. The van der Waals surface area contributed by atoms with Gasteiger partial charge in [-0.15, -0.1) is 0 Å². The molecule has 3 rings (SSSR count). The first-order chi connectivity index (χ1) is 9.33. The van der Waals surface area contributed by atoms with Crippen molar-refractivity contribution in [2.24, 2.45) is 13.0 Å². The highest BCUT2D eigenvalue weighted by molar-refractivity contribution is 5.04. The summed E-state index contributed by atoms with van der Waals surface area (Å²) in [5, 5.41) is 11.5. The molecule has 5 nitrogen and oxygen atoms in total. The molecule has 1 aromatic heterocycles. The maximum absolute atomic E-state index is 5.61. The van der Waals surface area contributed by atoms with Crippen molar-refractivity contribution in [2.75, 3.05) is 19.8 Å². The van der Waals surface area contributed by atoms with Crippen LogP contribution in [-0.4, -0.2) is 41.6 Å². The summed E-state index contributed by atoms with van der Waals surface area (Å²) in [4.78, 5) is 0. The molecule has 1 aromatic rings. The summed E-state index contributed by atoms with van der Waals surface area (Å²) in [6.07, 6.45) is 7.94. The second kappa shape index (κ2) is 6.03. The van der Waals surface area contributed by atoms with Gasteiger partial charge in [-0.3, -0.25) is 4.68 Å². The summed E-state index contributed by atoms with van der Waals surface area (Å²) < 4.78 is 7.47. The van der Waals surface area contributed by atoms with Crippen LogP contribution in [0.15, 0.2) is 12.4 Å². The third kappa shape index (κ3) is 3.16. The Labute approximate surface area is 114 Å². The number of aryl methyl sites for hydroxylation is 1. The molecule has 2 fully saturated rings. The van der Waals surface area contributed by atoms with E-state index in [0.717, 1.165) is 26.3 Å². The van der Waals surface area contributed by atoms with Gasteiger partial charge < -0.3 is 15.4 Å². The number of hydrogen-bond donors (Lipinski definition) is 2. The molecular formula is C14H24N4O. The van der Waals surface area contributed by atoms with Crippen LogP contribution in [0.5, 0.6) is 0 Å². The molecule has 0 aromatic carbocycles. The van der Waals surface area contributed by atoms with Crippen molar-refractivity contribution in [3.05, 3.63) is 18.0 Å². The quantitative estimate of drug-likeness (QED) is 0.839. The third-order valence-electron chi connectivity index (χ3n) is 4.36. The summed E-state index contributed by atoms with van der Waals surface area (Å²) in [6.45, 7) is 3.64. The normalized spacial score (nSPS) is 31.7. The van der Waals surface area contributed by atoms with E-state index in [0.29, 0.717) is 18.0 Å². The van der Waals surface area contributed by atoms with Crippen molar-refractivity contribution in [2.45, 2.75) is 37.9 Å². The summed E-state index contributed by atoms with van der Waals surface area (Å²) in [7, 11) is 1.96. The Kier molecular flexibility index (Phi) is 4.15. The van der Waals surface area contributed by atoms with E-state index < -0.39 is 0 Å². The summed E-state index contributed by atoms with van der Waals surface area (Å²) in [5.74, 6) is 0.706. The second-order valence-corrected chi connectivity index (χ2v) is 5.74. The Hall–Kier alpha value is -0.910. The number of morpholine rings is 1. The molecule has 0 amide bonds. The Bertz CT molecular complexity index is 400. The van der Waals surface area contributed by atoms with E-state index in [9.17, 15) is 0 Å². The van der Waals surface area contributed by atoms with E-state index in [4.69, 9.17) is 4.74 Å². The van der Waals surface area contributed by atoms with E-state index in [1.807, 2.05) is 17.9 Å². The highest BCUT2D eigenvalue weighted by Gasteiger charge is 2.34. The molecule has 0 radical (unpaired) electrons. The fraction of sp³-hybridized carbons (Fsp3) is 0.786. The Morgan fingerprint density at radius 2 is 2.47 bits per heavy atom. The molecule has 2 aliphatic rings. The number of rotatable bonds is 4. The van der Waals surface area contributed by atoms with Crippen LogP contribution < -0.4 is 10.6 Å². The van der Waals surface area contributed by atoms with Crippen molar-refractivity contribution in [1.82, 2.24) is 20.4 Å². The monoisotopic (exact) mass is 264 g/mol. The van der Waals surface area contributed by atoms with Gasteiger partial charge in [0.2, 0.25) is 0 Å². The van der Waals surface area contributed by atoms with Crippen molar-refractivity contribution in [3.8, 4) is 0 Å². The maximum Gasteiger partial charge on any atom is 0.0623 e. The van der Waals surface area contributed by atoms with Crippen LogP contribution in [0.25, 0.3) is 0 Å². The zero-order valence-electron chi connectivity index (χ0n) is 11.6. The highest BCUT2D eigenvalue weighted by Crippen LogP contribution is 2.29. The van der Waals surface area contributed by atoms with Crippen molar-refractivity contribution >= 4 is 0 Å². The first kappa shape index (κ1) is 13.1. The largest absolute Gasteiger partial charge is 0.379 e. The van der Waals surface area contributed by atoms with Gasteiger partial charge in [-0.1, -0.05) is 6.42 Å². The number of ether oxygens (including phenoxy) is 1. The summed E-state index contributed by atoms with van der Waals surface area (Å²) >= 11 is 0. The molecule has 3 unspecified atom stereocenters. The van der Waals surface area contributed by atoms with Gasteiger partial charge >= 0.3 is 0 Å².